The van der Waals surface area contributed by atoms with Gasteiger partial charge in [0.25, 0.3) is 0 Å². The smallest absolute Gasteiger partial charge is 0.0547 e. The van der Waals surface area contributed by atoms with Gasteiger partial charge in [0.2, 0.25) is 0 Å². The highest BCUT2D eigenvalue weighted by molar-refractivity contribution is 6.10. The Kier molecular flexibility index (Phi) is 9.02. The lowest BCUT2D eigenvalue weighted by molar-refractivity contribution is 0.660. The molecule has 0 amide bonds. The van der Waals surface area contributed by atoms with Crippen molar-refractivity contribution in [1.29, 1.82) is 0 Å². The number of para-hydroxylation sites is 1. The Morgan fingerprint density at radius 1 is 0.377 bits per heavy atom. The number of hydrogen-bond donors (Lipinski definition) is 0. The average molecular weight is 684 g/mol. The van der Waals surface area contributed by atoms with E-state index in [2.05, 4.69) is 203 Å². The molecule has 0 fully saturated rings. The van der Waals surface area contributed by atoms with Gasteiger partial charge >= 0.3 is 0 Å². The van der Waals surface area contributed by atoms with Crippen LogP contribution in [0.1, 0.15) is 41.7 Å². The minimum Gasteiger partial charge on any atom is -0.309 e. The monoisotopic (exact) mass is 683 g/mol. The fraction of sp³-hybridized carbons (Fsp3) is 0.115. The molecule has 258 valence electrons. The highest BCUT2D eigenvalue weighted by Gasteiger charge is 2.34. The summed E-state index contributed by atoms with van der Waals surface area (Å²) >= 11 is 0. The molecule has 0 unspecified atom stereocenters. The average Bonchev–Trinajstić information content (AvgIpc) is 3.63. The summed E-state index contributed by atoms with van der Waals surface area (Å²) in [4.78, 5) is 0. The molecule has 0 aliphatic heterocycles. The molecule has 9 aromatic rings. The zero-order valence-electron chi connectivity index (χ0n) is 31.3. The number of benzene rings is 8. The lowest BCUT2D eigenvalue weighted by Gasteiger charge is -2.21. The molecule has 0 saturated carbocycles. The summed E-state index contributed by atoms with van der Waals surface area (Å²) in [5.41, 5.74) is 16.0. The van der Waals surface area contributed by atoms with Crippen LogP contribution in [0, 0.1) is 20.8 Å². The SMILES string of the molecule is Cc1ccc(-c2ccc3c4ccccc4n(-c4ccc5ccccc5c4)c3c2)cc1.Cc1ccc2c(c1)-c1ccccc1C2(C)C.Cc1ccccc1. The lowest BCUT2D eigenvalue weighted by Crippen LogP contribution is -2.14. The van der Waals surface area contributed by atoms with Crippen molar-refractivity contribution in [1.82, 2.24) is 4.57 Å². The highest BCUT2D eigenvalue weighted by atomic mass is 15.0. The van der Waals surface area contributed by atoms with Gasteiger partial charge < -0.3 is 4.57 Å². The van der Waals surface area contributed by atoms with Gasteiger partial charge in [-0.15, -0.1) is 0 Å². The van der Waals surface area contributed by atoms with E-state index in [0.29, 0.717) is 0 Å². The molecule has 0 saturated heterocycles. The first kappa shape index (κ1) is 33.9. The zero-order valence-corrected chi connectivity index (χ0v) is 31.3. The largest absolute Gasteiger partial charge is 0.309 e. The Morgan fingerprint density at radius 3 is 1.75 bits per heavy atom. The summed E-state index contributed by atoms with van der Waals surface area (Å²) < 4.78 is 2.40. The van der Waals surface area contributed by atoms with Gasteiger partial charge in [-0.1, -0.05) is 188 Å². The topological polar surface area (TPSA) is 4.93 Å². The van der Waals surface area contributed by atoms with Crippen molar-refractivity contribution in [3.63, 3.8) is 0 Å². The fourth-order valence-corrected chi connectivity index (χ4v) is 7.86. The van der Waals surface area contributed by atoms with Crippen molar-refractivity contribution in [3.05, 3.63) is 210 Å². The predicted octanol–water partition coefficient (Wildman–Crippen LogP) is 14.2. The van der Waals surface area contributed by atoms with Crippen LogP contribution in [-0.4, -0.2) is 4.57 Å². The van der Waals surface area contributed by atoms with Crippen LogP contribution in [0.5, 0.6) is 0 Å². The van der Waals surface area contributed by atoms with Gasteiger partial charge in [0, 0.05) is 21.9 Å². The van der Waals surface area contributed by atoms with E-state index in [1.807, 2.05) is 18.2 Å². The van der Waals surface area contributed by atoms with Crippen molar-refractivity contribution in [2.75, 3.05) is 0 Å². The molecule has 1 heteroatoms. The molecule has 10 rings (SSSR count). The number of aryl methyl sites for hydroxylation is 3. The molecule has 0 bridgehead atoms. The molecule has 0 N–H and O–H groups in total. The molecule has 0 spiro atoms. The van der Waals surface area contributed by atoms with Crippen molar-refractivity contribution in [2.45, 2.75) is 40.0 Å². The van der Waals surface area contributed by atoms with Crippen LogP contribution < -0.4 is 0 Å². The van der Waals surface area contributed by atoms with Gasteiger partial charge in [0.1, 0.15) is 0 Å². The number of fused-ring (bicyclic) bond motifs is 7. The molecule has 8 aromatic carbocycles. The van der Waals surface area contributed by atoms with E-state index < -0.39 is 0 Å². The number of aromatic nitrogens is 1. The summed E-state index contributed by atoms with van der Waals surface area (Å²) in [5, 5.41) is 5.10. The molecule has 1 nitrogen and oxygen atoms in total. The van der Waals surface area contributed by atoms with Crippen LogP contribution in [0.4, 0.5) is 0 Å². The maximum atomic E-state index is 2.40. The second-order valence-electron chi connectivity index (χ2n) is 14.9. The second kappa shape index (κ2) is 14.1. The van der Waals surface area contributed by atoms with Gasteiger partial charge in [-0.25, -0.2) is 0 Å². The number of hydrogen-bond acceptors (Lipinski definition) is 0. The van der Waals surface area contributed by atoms with Crippen molar-refractivity contribution in [2.24, 2.45) is 0 Å². The van der Waals surface area contributed by atoms with Gasteiger partial charge in [-0.05, 0) is 89.2 Å². The first-order chi connectivity index (χ1) is 25.8. The second-order valence-corrected chi connectivity index (χ2v) is 14.9. The Morgan fingerprint density at radius 2 is 0.981 bits per heavy atom. The van der Waals surface area contributed by atoms with Crippen molar-refractivity contribution >= 4 is 32.6 Å². The molecule has 1 aliphatic carbocycles. The van der Waals surface area contributed by atoms with E-state index >= 15 is 0 Å². The van der Waals surface area contributed by atoms with Crippen LogP contribution in [-0.2, 0) is 5.41 Å². The Balaban J connectivity index is 0.000000144. The third-order valence-electron chi connectivity index (χ3n) is 10.7. The summed E-state index contributed by atoms with van der Waals surface area (Å²) in [5.74, 6) is 0. The summed E-state index contributed by atoms with van der Waals surface area (Å²) in [6.07, 6.45) is 0. The zero-order chi connectivity index (χ0) is 36.5. The van der Waals surface area contributed by atoms with Gasteiger partial charge in [-0.2, -0.15) is 0 Å². The Bertz CT molecular complexity index is 2710. The molecule has 0 atom stereocenters. The molecular weight excluding hydrogens is 639 g/mol. The summed E-state index contributed by atoms with van der Waals surface area (Å²) in [7, 11) is 0. The number of rotatable bonds is 2. The molecular formula is C52H45N. The Hall–Kier alpha value is -6.18. The molecule has 0 radical (unpaired) electrons. The fourth-order valence-electron chi connectivity index (χ4n) is 7.86. The molecule has 1 aromatic heterocycles. The summed E-state index contributed by atoms with van der Waals surface area (Å²) in [6.45, 7) is 11.0. The third kappa shape index (κ3) is 6.56. The predicted molar refractivity (Wildman–Crippen MR) is 228 cm³/mol. The maximum Gasteiger partial charge on any atom is 0.0547 e. The molecule has 1 aliphatic rings. The van der Waals surface area contributed by atoms with Gasteiger partial charge in [-0.3, -0.25) is 0 Å². The van der Waals surface area contributed by atoms with Crippen LogP contribution in [0.15, 0.2) is 182 Å². The summed E-state index contributed by atoms with van der Waals surface area (Å²) in [6, 6.07) is 65.4. The van der Waals surface area contributed by atoms with E-state index in [1.54, 1.807) is 0 Å². The normalized spacial score (nSPS) is 12.4. The first-order valence-corrected chi connectivity index (χ1v) is 18.6. The Labute approximate surface area is 313 Å². The van der Waals surface area contributed by atoms with E-state index in [1.165, 1.54) is 88.3 Å². The van der Waals surface area contributed by atoms with Crippen LogP contribution in [0.3, 0.4) is 0 Å². The standard InChI is InChI=1S/C29H21N.C16H16.C7H8/c1-20-10-12-22(13-11-20)24-15-17-27-26-8-4-5-9-28(26)30(29(27)19-24)25-16-14-21-6-2-3-7-23(21)18-25;1-11-8-9-15-13(10-11)12-6-4-5-7-14(12)16(15,2)3;1-7-5-3-2-4-6-7/h2-19H,1H3;4-10H,1-3H3;2-6H,1H3. The van der Waals surface area contributed by atoms with E-state index in [-0.39, 0.29) is 5.41 Å². The number of nitrogens with zero attached hydrogens (tertiary/aromatic N) is 1. The van der Waals surface area contributed by atoms with Crippen LogP contribution in [0.2, 0.25) is 0 Å². The van der Waals surface area contributed by atoms with Crippen molar-refractivity contribution in [3.8, 4) is 27.9 Å². The maximum absolute atomic E-state index is 2.40. The minimum atomic E-state index is 0.152. The third-order valence-corrected chi connectivity index (χ3v) is 10.7. The van der Waals surface area contributed by atoms with Crippen molar-refractivity contribution < 1.29 is 0 Å². The quantitative estimate of drug-likeness (QED) is 0.171. The van der Waals surface area contributed by atoms with Gasteiger partial charge in [0.15, 0.2) is 0 Å². The highest BCUT2D eigenvalue weighted by Crippen LogP contribution is 2.48. The minimum absolute atomic E-state index is 0.152. The van der Waals surface area contributed by atoms with E-state index in [4.69, 9.17) is 0 Å². The molecule has 1 heterocycles. The van der Waals surface area contributed by atoms with E-state index in [9.17, 15) is 0 Å². The first-order valence-electron chi connectivity index (χ1n) is 18.6. The lowest BCUT2D eigenvalue weighted by atomic mass is 9.82. The van der Waals surface area contributed by atoms with E-state index in [0.717, 1.165) is 0 Å². The van der Waals surface area contributed by atoms with Crippen LogP contribution in [0.25, 0.3) is 60.5 Å². The van der Waals surface area contributed by atoms with Gasteiger partial charge in [0.05, 0.1) is 11.0 Å². The molecule has 53 heavy (non-hydrogen) atoms. The van der Waals surface area contributed by atoms with Crippen LogP contribution >= 0.6 is 0 Å².